The minimum absolute atomic E-state index is 0.0765. The van der Waals surface area contributed by atoms with E-state index in [2.05, 4.69) is 21.0 Å². The highest BCUT2D eigenvalue weighted by atomic mass is 16.2. The van der Waals surface area contributed by atoms with Gasteiger partial charge in [0.15, 0.2) is 0 Å². The molecule has 2 heterocycles. The van der Waals surface area contributed by atoms with Crippen molar-refractivity contribution in [3.63, 3.8) is 0 Å². The van der Waals surface area contributed by atoms with E-state index >= 15 is 0 Å². The molecular formula is C13H21N5O2. The number of nitrogens with zero attached hydrogens (tertiary/aromatic N) is 2. The molecule has 0 bridgehead atoms. The van der Waals surface area contributed by atoms with Crippen LogP contribution in [0.3, 0.4) is 0 Å². The Bertz CT molecular complexity index is 432. The first-order valence-corrected chi connectivity index (χ1v) is 7.01. The smallest absolute Gasteiger partial charge is 0.242 e. The van der Waals surface area contributed by atoms with Gasteiger partial charge in [0, 0.05) is 25.5 Å². The molecule has 1 aromatic rings. The lowest BCUT2D eigenvalue weighted by molar-refractivity contribution is -0.128. The number of amides is 2. The lowest BCUT2D eigenvalue weighted by atomic mass is 10.1. The van der Waals surface area contributed by atoms with E-state index in [9.17, 15) is 9.59 Å². The van der Waals surface area contributed by atoms with Gasteiger partial charge in [-0.05, 0) is 25.3 Å². The highest BCUT2D eigenvalue weighted by Gasteiger charge is 2.21. The normalized spacial score (nSPS) is 19.2. The first kappa shape index (κ1) is 14.5. The van der Waals surface area contributed by atoms with E-state index in [1.54, 1.807) is 10.9 Å². The Morgan fingerprint density at radius 3 is 3.20 bits per heavy atom. The van der Waals surface area contributed by atoms with Crippen molar-refractivity contribution in [1.29, 1.82) is 0 Å². The van der Waals surface area contributed by atoms with Crippen molar-refractivity contribution in [2.45, 2.75) is 31.8 Å². The molecule has 1 saturated heterocycles. The molecule has 1 aromatic heterocycles. The maximum Gasteiger partial charge on any atom is 0.242 e. The molecule has 0 aliphatic carbocycles. The van der Waals surface area contributed by atoms with Gasteiger partial charge in [0.2, 0.25) is 11.8 Å². The standard InChI is InChI=1S/C13H21N5O2/c19-12(10-14-7-9-18-8-3-6-16-18)17-11-4-1-2-5-15-13(11)20/h3,6,8,11,14H,1-2,4-5,7,9-10H2,(H,15,20)(H,17,19)/t11-/m1/s1. The van der Waals surface area contributed by atoms with Gasteiger partial charge in [0.05, 0.1) is 13.1 Å². The number of rotatable bonds is 6. The van der Waals surface area contributed by atoms with E-state index in [4.69, 9.17) is 0 Å². The van der Waals surface area contributed by atoms with Crippen molar-refractivity contribution >= 4 is 11.8 Å². The third kappa shape index (κ3) is 4.65. The molecule has 0 aromatic carbocycles. The van der Waals surface area contributed by atoms with Crippen LogP contribution in [-0.2, 0) is 16.1 Å². The number of carbonyl (C=O) groups is 2. The molecule has 7 nitrogen and oxygen atoms in total. The Morgan fingerprint density at radius 1 is 1.50 bits per heavy atom. The van der Waals surface area contributed by atoms with Crippen LogP contribution in [0.15, 0.2) is 18.5 Å². The van der Waals surface area contributed by atoms with Crippen LogP contribution in [0, 0.1) is 0 Å². The molecule has 2 rings (SSSR count). The average molecular weight is 279 g/mol. The summed E-state index contributed by atoms with van der Waals surface area (Å²) in [7, 11) is 0. The average Bonchev–Trinajstić information content (AvgIpc) is 2.87. The van der Waals surface area contributed by atoms with E-state index in [1.165, 1.54) is 0 Å². The Balaban J connectivity index is 1.63. The molecule has 1 aliphatic heterocycles. The minimum Gasteiger partial charge on any atom is -0.354 e. The SMILES string of the molecule is O=C(CNCCn1cccn1)N[C@@H]1CCCCNC1=O. The van der Waals surface area contributed by atoms with Crippen LogP contribution in [-0.4, -0.2) is 47.3 Å². The summed E-state index contributed by atoms with van der Waals surface area (Å²) in [5.41, 5.74) is 0. The molecule has 0 spiro atoms. The molecule has 1 atom stereocenters. The van der Waals surface area contributed by atoms with Crippen molar-refractivity contribution in [1.82, 2.24) is 25.7 Å². The Kier molecular flexibility index (Phi) is 5.55. The van der Waals surface area contributed by atoms with Gasteiger partial charge in [-0.2, -0.15) is 5.10 Å². The third-order valence-electron chi connectivity index (χ3n) is 3.23. The van der Waals surface area contributed by atoms with Crippen LogP contribution in [0.4, 0.5) is 0 Å². The van der Waals surface area contributed by atoms with Crippen LogP contribution < -0.4 is 16.0 Å². The van der Waals surface area contributed by atoms with Gasteiger partial charge in [-0.15, -0.1) is 0 Å². The van der Waals surface area contributed by atoms with Crippen molar-refractivity contribution in [2.75, 3.05) is 19.6 Å². The van der Waals surface area contributed by atoms with Crippen LogP contribution >= 0.6 is 0 Å². The lowest BCUT2D eigenvalue weighted by Crippen LogP contribution is -2.48. The molecule has 0 unspecified atom stereocenters. The molecule has 7 heteroatoms. The minimum atomic E-state index is -0.391. The molecule has 20 heavy (non-hydrogen) atoms. The Hall–Kier alpha value is -1.89. The van der Waals surface area contributed by atoms with E-state index in [-0.39, 0.29) is 18.4 Å². The summed E-state index contributed by atoms with van der Waals surface area (Å²) in [6, 6.07) is 1.47. The molecular weight excluding hydrogens is 258 g/mol. The zero-order valence-corrected chi connectivity index (χ0v) is 11.5. The van der Waals surface area contributed by atoms with Crippen molar-refractivity contribution in [2.24, 2.45) is 0 Å². The topological polar surface area (TPSA) is 88.1 Å². The zero-order valence-electron chi connectivity index (χ0n) is 11.5. The second-order valence-electron chi connectivity index (χ2n) is 4.85. The van der Waals surface area contributed by atoms with Gasteiger partial charge in [0.25, 0.3) is 0 Å². The number of hydrogen-bond acceptors (Lipinski definition) is 4. The number of hydrogen-bond donors (Lipinski definition) is 3. The highest BCUT2D eigenvalue weighted by molar-refractivity contribution is 5.88. The second-order valence-corrected chi connectivity index (χ2v) is 4.85. The van der Waals surface area contributed by atoms with Gasteiger partial charge in [-0.25, -0.2) is 0 Å². The summed E-state index contributed by atoms with van der Waals surface area (Å²) < 4.78 is 1.80. The van der Waals surface area contributed by atoms with Crippen LogP contribution in [0.5, 0.6) is 0 Å². The third-order valence-corrected chi connectivity index (χ3v) is 3.23. The predicted molar refractivity (Wildman–Crippen MR) is 73.9 cm³/mol. The van der Waals surface area contributed by atoms with Crippen molar-refractivity contribution in [3.8, 4) is 0 Å². The van der Waals surface area contributed by atoms with E-state index in [0.717, 1.165) is 12.8 Å². The van der Waals surface area contributed by atoms with E-state index < -0.39 is 6.04 Å². The van der Waals surface area contributed by atoms with E-state index in [0.29, 0.717) is 26.1 Å². The quantitative estimate of drug-likeness (QED) is 0.598. The molecule has 1 aliphatic rings. The van der Waals surface area contributed by atoms with Crippen LogP contribution in [0.2, 0.25) is 0 Å². The molecule has 0 saturated carbocycles. The lowest BCUT2D eigenvalue weighted by Gasteiger charge is -2.15. The fraction of sp³-hybridized carbons (Fsp3) is 0.615. The fourth-order valence-corrected chi connectivity index (χ4v) is 2.15. The number of carbonyl (C=O) groups excluding carboxylic acids is 2. The molecule has 110 valence electrons. The van der Waals surface area contributed by atoms with Gasteiger partial charge in [-0.3, -0.25) is 14.3 Å². The summed E-state index contributed by atoms with van der Waals surface area (Å²) in [5.74, 6) is -0.222. The van der Waals surface area contributed by atoms with Crippen LogP contribution in [0.1, 0.15) is 19.3 Å². The van der Waals surface area contributed by atoms with Gasteiger partial charge in [0.1, 0.15) is 6.04 Å². The Morgan fingerprint density at radius 2 is 2.40 bits per heavy atom. The summed E-state index contributed by atoms with van der Waals surface area (Å²) in [6.07, 6.45) is 6.23. The zero-order chi connectivity index (χ0) is 14.2. The second kappa shape index (κ2) is 7.64. The summed E-state index contributed by atoms with van der Waals surface area (Å²) >= 11 is 0. The van der Waals surface area contributed by atoms with Crippen molar-refractivity contribution < 1.29 is 9.59 Å². The molecule has 2 amide bonds. The summed E-state index contributed by atoms with van der Waals surface area (Å²) in [4.78, 5) is 23.4. The number of nitrogens with one attached hydrogen (secondary N) is 3. The molecule has 3 N–H and O–H groups in total. The van der Waals surface area contributed by atoms with Gasteiger partial charge >= 0.3 is 0 Å². The first-order chi connectivity index (χ1) is 9.75. The first-order valence-electron chi connectivity index (χ1n) is 7.01. The highest BCUT2D eigenvalue weighted by Crippen LogP contribution is 2.04. The fourth-order valence-electron chi connectivity index (χ4n) is 2.15. The monoisotopic (exact) mass is 279 g/mol. The Labute approximate surface area is 118 Å². The summed E-state index contributed by atoms with van der Waals surface area (Å²) in [5, 5.41) is 12.7. The maximum absolute atomic E-state index is 11.8. The van der Waals surface area contributed by atoms with E-state index in [1.807, 2.05) is 12.3 Å². The van der Waals surface area contributed by atoms with Gasteiger partial charge < -0.3 is 16.0 Å². The largest absolute Gasteiger partial charge is 0.354 e. The maximum atomic E-state index is 11.8. The summed E-state index contributed by atoms with van der Waals surface area (Å²) in [6.45, 7) is 2.29. The number of aromatic nitrogens is 2. The van der Waals surface area contributed by atoms with Crippen molar-refractivity contribution in [3.05, 3.63) is 18.5 Å². The van der Waals surface area contributed by atoms with Gasteiger partial charge in [-0.1, -0.05) is 0 Å². The predicted octanol–water partition coefficient (Wildman–Crippen LogP) is -0.742. The van der Waals surface area contributed by atoms with Crippen LogP contribution in [0.25, 0.3) is 0 Å². The molecule has 1 fully saturated rings. The molecule has 0 radical (unpaired) electrons.